The van der Waals surface area contributed by atoms with Gasteiger partial charge in [-0.1, -0.05) is 42.5 Å². The van der Waals surface area contributed by atoms with Crippen molar-refractivity contribution in [3.63, 3.8) is 0 Å². The number of hydrogen-bond acceptors (Lipinski definition) is 3. The lowest BCUT2D eigenvalue weighted by atomic mass is 10.1. The van der Waals surface area contributed by atoms with Gasteiger partial charge >= 0.3 is 5.63 Å². The number of rotatable bonds is 3. The highest BCUT2D eigenvalue weighted by Crippen LogP contribution is 2.23. The van der Waals surface area contributed by atoms with E-state index in [9.17, 15) is 4.79 Å². The lowest BCUT2D eigenvalue weighted by molar-refractivity contribution is 0.414. The molecule has 104 valence electrons. The summed E-state index contributed by atoms with van der Waals surface area (Å²) in [6, 6.07) is 16.9. The molecule has 0 fully saturated rings. The highest BCUT2D eigenvalue weighted by molar-refractivity contribution is 5.89. The summed E-state index contributed by atoms with van der Waals surface area (Å²) in [5.41, 5.74) is 2.05. The summed E-state index contributed by atoms with van der Waals surface area (Å²) in [6.45, 7) is 0. The number of fused-ring (bicyclic) bond motifs is 1. The van der Waals surface area contributed by atoms with Crippen LogP contribution in [0.5, 0.6) is 5.75 Å². The SMILES string of the molecule is COc1ccc2c(C=Cc3ccccc3)cc(=O)oc2c1. The van der Waals surface area contributed by atoms with Crippen LogP contribution in [-0.2, 0) is 0 Å². The Hall–Kier alpha value is -2.81. The van der Waals surface area contributed by atoms with Crippen molar-refractivity contribution in [2.24, 2.45) is 0 Å². The molecule has 0 radical (unpaired) electrons. The fourth-order valence-electron chi connectivity index (χ4n) is 2.18. The third-order valence-corrected chi connectivity index (χ3v) is 3.24. The van der Waals surface area contributed by atoms with Crippen LogP contribution in [0.3, 0.4) is 0 Å². The monoisotopic (exact) mass is 278 g/mol. The molecule has 0 aliphatic heterocycles. The zero-order valence-electron chi connectivity index (χ0n) is 11.6. The summed E-state index contributed by atoms with van der Waals surface area (Å²) >= 11 is 0. The van der Waals surface area contributed by atoms with Gasteiger partial charge in [-0.25, -0.2) is 4.79 Å². The maximum absolute atomic E-state index is 11.7. The van der Waals surface area contributed by atoms with Gasteiger partial charge < -0.3 is 9.15 Å². The predicted molar refractivity (Wildman–Crippen MR) is 84.4 cm³/mol. The number of hydrogen-bond donors (Lipinski definition) is 0. The Morgan fingerprint density at radius 3 is 2.57 bits per heavy atom. The maximum atomic E-state index is 11.7. The van der Waals surface area contributed by atoms with E-state index in [1.54, 1.807) is 13.2 Å². The average Bonchev–Trinajstić information content (AvgIpc) is 2.52. The fourth-order valence-corrected chi connectivity index (χ4v) is 2.18. The van der Waals surface area contributed by atoms with Crippen LogP contribution in [0.15, 0.2) is 63.8 Å². The Bertz CT molecular complexity index is 845. The van der Waals surface area contributed by atoms with E-state index in [4.69, 9.17) is 9.15 Å². The van der Waals surface area contributed by atoms with Gasteiger partial charge in [-0.05, 0) is 23.3 Å². The molecule has 0 atom stereocenters. The van der Waals surface area contributed by atoms with Gasteiger partial charge in [-0.15, -0.1) is 0 Å². The smallest absolute Gasteiger partial charge is 0.336 e. The van der Waals surface area contributed by atoms with Crippen LogP contribution in [0.1, 0.15) is 11.1 Å². The van der Waals surface area contributed by atoms with Gasteiger partial charge in [0.15, 0.2) is 0 Å². The largest absolute Gasteiger partial charge is 0.497 e. The maximum Gasteiger partial charge on any atom is 0.336 e. The van der Waals surface area contributed by atoms with Gasteiger partial charge in [0.2, 0.25) is 0 Å². The Kier molecular flexibility index (Phi) is 3.56. The molecule has 3 heteroatoms. The Morgan fingerprint density at radius 2 is 1.81 bits per heavy atom. The summed E-state index contributed by atoms with van der Waals surface area (Å²) < 4.78 is 10.4. The summed E-state index contributed by atoms with van der Waals surface area (Å²) in [6.07, 6.45) is 3.89. The van der Waals surface area contributed by atoms with Crippen molar-refractivity contribution < 1.29 is 9.15 Å². The van der Waals surface area contributed by atoms with Gasteiger partial charge in [0.1, 0.15) is 11.3 Å². The van der Waals surface area contributed by atoms with Gasteiger partial charge in [-0.2, -0.15) is 0 Å². The van der Waals surface area contributed by atoms with Crippen molar-refractivity contribution in [1.82, 2.24) is 0 Å². The quantitative estimate of drug-likeness (QED) is 0.680. The molecule has 0 aliphatic rings. The minimum atomic E-state index is -0.372. The van der Waals surface area contributed by atoms with Crippen molar-refractivity contribution in [2.45, 2.75) is 0 Å². The number of ether oxygens (including phenoxy) is 1. The first-order chi connectivity index (χ1) is 10.3. The van der Waals surface area contributed by atoms with Crippen LogP contribution < -0.4 is 10.4 Å². The van der Waals surface area contributed by atoms with Crippen molar-refractivity contribution >= 4 is 23.1 Å². The van der Waals surface area contributed by atoms with E-state index in [-0.39, 0.29) is 5.63 Å². The molecule has 0 aliphatic carbocycles. The molecule has 0 bridgehead atoms. The first-order valence-electron chi connectivity index (χ1n) is 6.61. The van der Waals surface area contributed by atoms with Gasteiger partial charge in [-0.3, -0.25) is 0 Å². The van der Waals surface area contributed by atoms with Crippen molar-refractivity contribution in [1.29, 1.82) is 0 Å². The summed E-state index contributed by atoms with van der Waals surface area (Å²) in [5, 5.41) is 0.877. The molecule has 2 aromatic carbocycles. The highest BCUT2D eigenvalue weighted by Gasteiger charge is 2.04. The zero-order valence-corrected chi connectivity index (χ0v) is 11.6. The number of methoxy groups -OCH3 is 1. The van der Waals surface area contributed by atoms with E-state index in [1.807, 2.05) is 54.6 Å². The minimum Gasteiger partial charge on any atom is -0.497 e. The van der Waals surface area contributed by atoms with Crippen molar-refractivity contribution in [3.8, 4) is 5.75 Å². The van der Waals surface area contributed by atoms with Crippen LogP contribution in [0, 0.1) is 0 Å². The second-order valence-corrected chi connectivity index (χ2v) is 4.63. The average molecular weight is 278 g/mol. The molecule has 3 rings (SSSR count). The van der Waals surface area contributed by atoms with Crippen LogP contribution in [0.4, 0.5) is 0 Å². The molecule has 0 saturated heterocycles. The third-order valence-electron chi connectivity index (χ3n) is 3.24. The van der Waals surface area contributed by atoms with Crippen LogP contribution >= 0.6 is 0 Å². The molecule has 21 heavy (non-hydrogen) atoms. The predicted octanol–water partition coefficient (Wildman–Crippen LogP) is 3.97. The van der Waals surface area contributed by atoms with E-state index in [0.29, 0.717) is 11.3 Å². The normalized spacial score (nSPS) is 11.1. The van der Waals surface area contributed by atoms with E-state index >= 15 is 0 Å². The minimum absolute atomic E-state index is 0.372. The Labute approximate surface area is 122 Å². The first kappa shape index (κ1) is 13.2. The second kappa shape index (κ2) is 5.67. The Balaban J connectivity index is 2.10. The molecule has 0 N–H and O–H groups in total. The van der Waals surface area contributed by atoms with E-state index in [0.717, 1.165) is 16.5 Å². The van der Waals surface area contributed by atoms with Gasteiger partial charge in [0.05, 0.1) is 7.11 Å². The third kappa shape index (κ3) is 2.87. The molecular weight excluding hydrogens is 264 g/mol. The van der Waals surface area contributed by atoms with E-state index in [2.05, 4.69) is 0 Å². The molecule has 3 nitrogen and oxygen atoms in total. The van der Waals surface area contributed by atoms with Crippen LogP contribution in [0.25, 0.3) is 23.1 Å². The molecule has 0 unspecified atom stereocenters. The topological polar surface area (TPSA) is 39.4 Å². The molecule has 1 aromatic heterocycles. The molecule has 0 amide bonds. The highest BCUT2D eigenvalue weighted by atomic mass is 16.5. The number of benzene rings is 2. The standard InChI is InChI=1S/C18H14O3/c1-20-15-9-10-16-14(11-18(19)21-17(16)12-15)8-7-13-5-3-2-4-6-13/h2-12H,1H3. The summed E-state index contributed by atoms with van der Waals surface area (Å²) in [7, 11) is 1.58. The van der Waals surface area contributed by atoms with Crippen LogP contribution in [0.2, 0.25) is 0 Å². The van der Waals surface area contributed by atoms with Crippen molar-refractivity contribution in [2.75, 3.05) is 7.11 Å². The van der Waals surface area contributed by atoms with Crippen LogP contribution in [-0.4, -0.2) is 7.11 Å². The Morgan fingerprint density at radius 1 is 1.00 bits per heavy atom. The molecule has 0 saturated carbocycles. The first-order valence-corrected chi connectivity index (χ1v) is 6.61. The fraction of sp³-hybridized carbons (Fsp3) is 0.0556. The van der Waals surface area contributed by atoms with Crippen molar-refractivity contribution in [3.05, 3.63) is 76.1 Å². The zero-order chi connectivity index (χ0) is 14.7. The van der Waals surface area contributed by atoms with Gasteiger partial charge in [0, 0.05) is 17.5 Å². The summed E-state index contributed by atoms with van der Waals surface area (Å²) in [4.78, 5) is 11.7. The second-order valence-electron chi connectivity index (χ2n) is 4.63. The van der Waals surface area contributed by atoms with E-state index in [1.165, 1.54) is 6.07 Å². The molecule has 0 spiro atoms. The lowest BCUT2D eigenvalue weighted by Gasteiger charge is -2.03. The van der Waals surface area contributed by atoms with Gasteiger partial charge in [0.25, 0.3) is 0 Å². The molecule has 3 aromatic rings. The molecule has 1 heterocycles. The summed E-state index contributed by atoms with van der Waals surface area (Å²) in [5.74, 6) is 0.662. The molecular formula is C18H14O3. The lowest BCUT2D eigenvalue weighted by Crippen LogP contribution is -1.98. The van der Waals surface area contributed by atoms with E-state index < -0.39 is 0 Å².